The molecular formula is C30H56O6PtSi2. The smallest absolute Gasteiger partial charge is 0.376 e. The summed E-state index contributed by atoms with van der Waals surface area (Å²) in [5.41, 5.74) is 0. The summed E-state index contributed by atoms with van der Waals surface area (Å²) >= 11 is 0. The maximum absolute atomic E-state index is 5.93. The van der Waals surface area contributed by atoms with E-state index in [1.165, 1.54) is 32.1 Å². The molecule has 0 aromatic rings. The normalized spacial score (nSPS) is 27.7. The molecule has 0 aromatic carbocycles. The number of fused-ring (bicyclic) bond motifs is 4. The van der Waals surface area contributed by atoms with Crippen LogP contribution in [0.2, 0.25) is 6.04 Å². The van der Waals surface area contributed by atoms with Gasteiger partial charge >= 0.3 is 18.3 Å². The van der Waals surface area contributed by atoms with Crippen molar-refractivity contribution >= 4 is 18.3 Å². The van der Waals surface area contributed by atoms with Crippen molar-refractivity contribution < 1.29 is 47.6 Å². The summed E-state index contributed by atoms with van der Waals surface area (Å²) in [6, 6.07) is 0.976. The molecule has 0 saturated heterocycles. The Balaban J connectivity index is 0.000000321. The summed E-state index contributed by atoms with van der Waals surface area (Å²) in [4.78, 5) is 0. The summed E-state index contributed by atoms with van der Waals surface area (Å²) in [5.74, 6) is 5.03. The number of hydrogen-bond acceptors (Lipinski definition) is 6. The van der Waals surface area contributed by atoms with Crippen molar-refractivity contribution in [2.24, 2.45) is 35.5 Å². The van der Waals surface area contributed by atoms with Crippen LogP contribution in [0.25, 0.3) is 0 Å². The van der Waals surface area contributed by atoms with Crippen molar-refractivity contribution in [1.29, 1.82) is 0 Å². The first kappa shape index (κ1) is 37.1. The van der Waals surface area contributed by atoms with E-state index in [9.17, 15) is 0 Å². The molecule has 6 unspecified atom stereocenters. The molecule has 230 valence electrons. The molecule has 6 nitrogen and oxygen atoms in total. The van der Waals surface area contributed by atoms with Crippen LogP contribution in [0.15, 0.2) is 37.0 Å². The summed E-state index contributed by atoms with van der Waals surface area (Å²) in [6.07, 6.45) is 18.4. The molecule has 4 rings (SSSR count). The Morgan fingerprint density at radius 1 is 0.692 bits per heavy atom. The van der Waals surface area contributed by atoms with Crippen LogP contribution in [0.4, 0.5) is 0 Å². The van der Waals surface area contributed by atoms with E-state index in [0.29, 0.717) is 39.6 Å². The van der Waals surface area contributed by atoms with E-state index < -0.39 is 18.3 Å². The molecule has 4 aliphatic carbocycles. The minimum atomic E-state index is -2.41. The van der Waals surface area contributed by atoms with Crippen molar-refractivity contribution in [2.45, 2.75) is 79.7 Å². The minimum absolute atomic E-state index is 0. The van der Waals surface area contributed by atoms with E-state index in [2.05, 4.69) is 37.0 Å². The second-order valence-corrected chi connectivity index (χ2v) is 14.7. The van der Waals surface area contributed by atoms with Gasteiger partial charge < -0.3 is 26.6 Å². The van der Waals surface area contributed by atoms with E-state index >= 15 is 0 Å². The molecule has 4 aliphatic rings. The zero-order valence-corrected chi connectivity index (χ0v) is 29.8. The van der Waals surface area contributed by atoms with Crippen molar-refractivity contribution in [3.63, 3.8) is 0 Å². The van der Waals surface area contributed by atoms with Crippen LogP contribution in [0, 0.1) is 35.5 Å². The summed E-state index contributed by atoms with van der Waals surface area (Å²) in [5, 5.41) is 0. The second kappa shape index (κ2) is 20.9. The Hall–Kier alpha value is 0.102. The van der Waals surface area contributed by atoms with Gasteiger partial charge in [-0.25, -0.2) is 0 Å². The van der Waals surface area contributed by atoms with Crippen LogP contribution in [-0.4, -0.2) is 58.0 Å². The molecule has 4 bridgehead atoms. The van der Waals surface area contributed by atoms with Gasteiger partial charge in [-0.3, -0.25) is 0 Å². The molecular weight excluding hydrogens is 708 g/mol. The largest absolute Gasteiger partial charge is 0.500 e. The van der Waals surface area contributed by atoms with Crippen molar-refractivity contribution in [3.05, 3.63) is 37.0 Å². The van der Waals surface area contributed by atoms with Gasteiger partial charge in [0.2, 0.25) is 0 Å². The molecule has 0 aliphatic heterocycles. The molecule has 6 atom stereocenters. The van der Waals surface area contributed by atoms with Gasteiger partial charge in [-0.1, -0.05) is 30.4 Å². The van der Waals surface area contributed by atoms with E-state index in [4.69, 9.17) is 26.6 Å². The number of allylic oxidation sites excluding steroid dienone is 5. The Labute approximate surface area is 256 Å². The average Bonchev–Trinajstić information content (AvgIpc) is 3.72. The minimum Gasteiger partial charge on any atom is -0.376 e. The molecule has 2 saturated carbocycles. The Kier molecular flexibility index (Phi) is 19.9. The Bertz CT molecular complexity index is 678. The van der Waals surface area contributed by atoms with E-state index in [1.54, 1.807) is 0 Å². The average molecular weight is 764 g/mol. The molecule has 0 spiro atoms. The van der Waals surface area contributed by atoms with Crippen LogP contribution in [0.1, 0.15) is 73.6 Å². The molecule has 0 heterocycles. The monoisotopic (exact) mass is 763 g/mol. The molecule has 2 fully saturated rings. The third-order valence-electron chi connectivity index (χ3n) is 7.87. The number of hydrogen-bond donors (Lipinski definition) is 0. The SMILES string of the molecule is C=CC1CC2C=CC1C2.CCO[SiH](OCC)OCC.CCO[Si](CCC1CC2C=CC1C2)(OCC)OCC.[Pt]. The van der Waals surface area contributed by atoms with Crippen LogP contribution >= 0.6 is 0 Å². The maximum atomic E-state index is 5.93. The van der Waals surface area contributed by atoms with E-state index in [0.717, 1.165) is 41.6 Å². The zero-order chi connectivity index (χ0) is 27.8. The quantitative estimate of drug-likeness (QED) is 0.127. The predicted molar refractivity (Wildman–Crippen MR) is 160 cm³/mol. The van der Waals surface area contributed by atoms with Gasteiger partial charge in [0, 0.05) is 66.8 Å². The van der Waals surface area contributed by atoms with Gasteiger partial charge in [0.05, 0.1) is 0 Å². The predicted octanol–water partition coefficient (Wildman–Crippen LogP) is 6.83. The van der Waals surface area contributed by atoms with Crippen LogP contribution in [-0.2, 0) is 47.6 Å². The fourth-order valence-corrected chi connectivity index (χ4v) is 10.1. The van der Waals surface area contributed by atoms with Crippen molar-refractivity contribution in [2.75, 3.05) is 39.6 Å². The van der Waals surface area contributed by atoms with E-state index in [1.807, 2.05) is 41.5 Å². The first-order valence-corrected chi connectivity index (χ1v) is 18.6. The van der Waals surface area contributed by atoms with Crippen molar-refractivity contribution in [1.82, 2.24) is 0 Å². The molecule has 0 radical (unpaired) electrons. The van der Waals surface area contributed by atoms with Crippen LogP contribution in [0.3, 0.4) is 0 Å². The summed E-state index contributed by atoms with van der Waals surface area (Å²) in [6.45, 7) is 19.8. The maximum Gasteiger partial charge on any atom is 0.500 e. The van der Waals surface area contributed by atoms with Crippen molar-refractivity contribution in [3.8, 4) is 0 Å². The first-order valence-electron chi connectivity index (χ1n) is 15.2. The van der Waals surface area contributed by atoms with Gasteiger partial charge in [0.25, 0.3) is 0 Å². The van der Waals surface area contributed by atoms with Gasteiger partial charge in [0.15, 0.2) is 0 Å². The standard InChI is InChI=1S/C15H28O3Si.C9H12.C6H16O3Si.Pt/c1-4-16-19(17-5-2,18-6-3)10-9-15-12-13-7-8-14(15)11-13;1-2-8-5-7-3-4-9(8)6-7;1-4-7-10(8-5-2)9-6-3;/h7-8,13-15H,4-6,9-12H2,1-3H3;2-4,7-9H,1,5-6H2;10H,4-6H2,1-3H3;. The molecule has 0 N–H and O–H groups in total. The van der Waals surface area contributed by atoms with Gasteiger partial charge in [-0.05, 0) is 109 Å². The fraction of sp³-hybridized carbons (Fsp3) is 0.800. The van der Waals surface area contributed by atoms with Crippen LogP contribution < -0.4 is 0 Å². The number of rotatable bonds is 16. The first-order chi connectivity index (χ1) is 18.5. The Morgan fingerprint density at radius 3 is 1.49 bits per heavy atom. The topological polar surface area (TPSA) is 55.4 Å². The Morgan fingerprint density at radius 2 is 1.18 bits per heavy atom. The molecule has 0 aromatic heterocycles. The fourth-order valence-electron chi connectivity index (χ4n) is 6.24. The summed E-state index contributed by atoms with van der Waals surface area (Å²) < 4.78 is 33.4. The molecule has 39 heavy (non-hydrogen) atoms. The molecule has 0 amide bonds. The van der Waals surface area contributed by atoms with Gasteiger partial charge in [-0.2, -0.15) is 0 Å². The van der Waals surface area contributed by atoms with Gasteiger partial charge in [-0.15, -0.1) is 6.58 Å². The zero-order valence-electron chi connectivity index (χ0n) is 25.4. The van der Waals surface area contributed by atoms with E-state index in [-0.39, 0.29) is 21.1 Å². The van der Waals surface area contributed by atoms with Crippen LogP contribution in [0.5, 0.6) is 0 Å². The second-order valence-electron chi connectivity index (χ2n) is 10.4. The third-order valence-corrected chi connectivity index (χ3v) is 12.8. The van der Waals surface area contributed by atoms with Gasteiger partial charge in [0.1, 0.15) is 0 Å². The molecule has 9 heteroatoms. The summed E-state index contributed by atoms with van der Waals surface area (Å²) in [7, 11) is -4.15. The third kappa shape index (κ3) is 12.5.